The summed E-state index contributed by atoms with van der Waals surface area (Å²) in [5.74, 6) is -4.33. The molecule has 23 heteroatoms. The van der Waals surface area contributed by atoms with Gasteiger partial charge in [0.2, 0.25) is 6.29 Å². The van der Waals surface area contributed by atoms with Crippen LogP contribution in [-0.2, 0) is 58.6 Å². The van der Waals surface area contributed by atoms with E-state index in [1.54, 1.807) is 27.7 Å². The summed E-state index contributed by atoms with van der Waals surface area (Å²) in [4.78, 5) is 27.2. The van der Waals surface area contributed by atoms with Crippen LogP contribution in [-0.4, -0.2) is 207 Å². The van der Waals surface area contributed by atoms with Crippen LogP contribution in [0.2, 0.25) is 0 Å². The summed E-state index contributed by atoms with van der Waals surface area (Å²) in [5.41, 5.74) is 0.147. The van der Waals surface area contributed by atoms with Gasteiger partial charge in [0.1, 0.15) is 67.5 Å². The fourth-order valence-electron chi connectivity index (χ4n) is 9.19. The monoisotopic (exact) mass is 1000 g/mol. The number of carbonyl (C=O) groups excluding carboxylic acids is 1. The highest BCUT2D eigenvalue weighted by Crippen LogP contribution is 2.47. The van der Waals surface area contributed by atoms with Crippen LogP contribution in [0.3, 0.4) is 0 Å². The maximum Gasteiger partial charge on any atom is 0.333 e. The van der Waals surface area contributed by atoms with Gasteiger partial charge < -0.3 is 103 Å². The summed E-state index contributed by atoms with van der Waals surface area (Å²) in [6, 6.07) is 3.04. The SMILES string of the molecule is CO[C@H](C(=O)O)[C@@H]1Cc2cc3cc(O[C@H]4CC(O[C@H]5CC(O)[C@H](O)C(C)O5)[C@H](O)C(C)O4)c(C)c(O)c3c(O)c2C(=O)[C@H]1O[C@H]1C[C@@H](OCOC(C)[C@H](O)COCOC(C)[C@@H](O)C(C)O)[C@H](O)C(C)O1. The number of benzene rings is 2. The zero-order valence-electron chi connectivity index (χ0n) is 40.4. The molecule has 20 atom stereocenters. The van der Waals surface area contributed by atoms with Gasteiger partial charge in [0.05, 0.1) is 72.5 Å². The van der Waals surface area contributed by atoms with E-state index in [2.05, 4.69) is 0 Å². The quantitative estimate of drug-likeness (QED) is 0.0591. The molecule has 70 heavy (non-hydrogen) atoms. The zero-order valence-corrected chi connectivity index (χ0v) is 40.4. The number of carboxylic acid groups (broad SMARTS) is 1. The van der Waals surface area contributed by atoms with Gasteiger partial charge in [-0.3, -0.25) is 4.79 Å². The second kappa shape index (κ2) is 24.1. The largest absolute Gasteiger partial charge is 0.507 e. The van der Waals surface area contributed by atoms with Crippen molar-refractivity contribution in [3.8, 4) is 17.2 Å². The molecule has 0 spiro atoms. The molecule has 0 saturated carbocycles. The number of phenols is 2. The number of Topliss-reactive ketones (excluding diaryl/α,β-unsaturated/α-hetero) is 1. The van der Waals surface area contributed by atoms with Crippen molar-refractivity contribution < 1.29 is 113 Å². The number of aromatic hydroxyl groups is 2. The number of aliphatic hydroxyl groups is 7. The summed E-state index contributed by atoms with van der Waals surface area (Å²) < 4.78 is 63.6. The van der Waals surface area contributed by atoms with Crippen molar-refractivity contribution in [3.63, 3.8) is 0 Å². The first-order valence-corrected chi connectivity index (χ1v) is 23.5. The van der Waals surface area contributed by atoms with Gasteiger partial charge in [-0.25, -0.2) is 4.79 Å². The molecule has 6 rings (SSSR count). The molecule has 3 saturated heterocycles. The van der Waals surface area contributed by atoms with Crippen molar-refractivity contribution in [2.24, 2.45) is 5.92 Å². The summed E-state index contributed by atoms with van der Waals surface area (Å²) in [6.07, 6.45) is -20.5. The Kier molecular flexibility index (Phi) is 19.2. The van der Waals surface area contributed by atoms with E-state index in [9.17, 15) is 60.7 Å². The first kappa shape index (κ1) is 55.9. The highest BCUT2D eigenvalue weighted by atomic mass is 16.7. The van der Waals surface area contributed by atoms with Crippen LogP contribution < -0.4 is 4.74 Å². The molecule has 3 aliphatic heterocycles. The van der Waals surface area contributed by atoms with Crippen LogP contribution >= 0.6 is 0 Å². The lowest BCUT2D eigenvalue weighted by Gasteiger charge is -2.42. The third-order valence-electron chi connectivity index (χ3n) is 13.6. The van der Waals surface area contributed by atoms with Gasteiger partial charge in [-0.15, -0.1) is 0 Å². The molecule has 4 aliphatic rings. The Morgan fingerprint density at radius 1 is 0.786 bits per heavy atom. The first-order valence-electron chi connectivity index (χ1n) is 23.5. The van der Waals surface area contributed by atoms with Crippen LogP contribution in [0.5, 0.6) is 17.2 Å². The number of phenolic OH excluding ortho intramolecular Hbond substituents is 2. The van der Waals surface area contributed by atoms with E-state index in [0.717, 1.165) is 0 Å². The number of ketones is 1. The number of ether oxygens (including phenoxy) is 11. The molecule has 2 aromatic rings. The number of carbonyl (C=O) groups is 2. The van der Waals surface area contributed by atoms with Crippen LogP contribution in [0.25, 0.3) is 10.8 Å². The molecule has 0 aromatic heterocycles. The average molecular weight is 1000 g/mol. The molecule has 0 amide bonds. The second-order valence-corrected chi connectivity index (χ2v) is 18.7. The van der Waals surface area contributed by atoms with Crippen molar-refractivity contribution in [2.75, 3.05) is 27.3 Å². The lowest BCUT2D eigenvalue weighted by molar-refractivity contribution is -0.298. The van der Waals surface area contributed by atoms with Gasteiger partial charge in [0, 0.05) is 37.9 Å². The van der Waals surface area contributed by atoms with Gasteiger partial charge in [0.15, 0.2) is 24.5 Å². The number of hydrogen-bond donors (Lipinski definition) is 10. The molecule has 23 nitrogen and oxygen atoms in total. The van der Waals surface area contributed by atoms with Crippen LogP contribution in [0, 0.1) is 12.8 Å². The Morgan fingerprint density at radius 2 is 1.39 bits per heavy atom. The van der Waals surface area contributed by atoms with Crippen molar-refractivity contribution in [1.82, 2.24) is 0 Å². The highest BCUT2D eigenvalue weighted by molar-refractivity contribution is 6.11. The molecule has 3 fully saturated rings. The van der Waals surface area contributed by atoms with Gasteiger partial charge in [-0.1, -0.05) is 0 Å². The first-order chi connectivity index (χ1) is 33.0. The fourth-order valence-corrected chi connectivity index (χ4v) is 9.19. The Balaban J connectivity index is 1.15. The topological polar surface area (TPSA) is 338 Å². The lowest BCUT2D eigenvalue weighted by Crippen LogP contribution is -2.53. The van der Waals surface area contributed by atoms with E-state index in [-0.39, 0.29) is 72.3 Å². The lowest BCUT2D eigenvalue weighted by atomic mass is 9.76. The van der Waals surface area contributed by atoms with E-state index in [1.165, 1.54) is 40.0 Å². The Hall–Kier alpha value is -3.44. The average Bonchev–Trinajstić information content (AvgIpc) is 3.29. The van der Waals surface area contributed by atoms with Crippen molar-refractivity contribution in [3.05, 3.63) is 28.8 Å². The maximum atomic E-state index is 14.6. The Labute approximate surface area is 404 Å². The van der Waals surface area contributed by atoms with Gasteiger partial charge >= 0.3 is 5.97 Å². The minimum absolute atomic E-state index is 0.0165. The molecule has 1 aliphatic carbocycles. The summed E-state index contributed by atoms with van der Waals surface area (Å²) in [5, 5.41) is 106. The minimum Gasteiger partial charge on any atom is -0.507 e. The summed E-state index contributed by atoms with van der Waals surface area (Å²) in [6.45, 7) is 9.90. The van der Waals surface area contributed by atoms with Gasteiger partial charge in [0.25, 0.3) is 0 Å². The summed E-state index contributed by atoms with van der Waals surface area (Å²) >= 11 is 0. The number of fused-ring (bicyclic) bond motifs is 2. The molecule has 10 N–H and O–H groups in total. The number of aliphatic hydroxyl groups excluding tert-OH is 7. The zero-order chi connectivity index (χ0) is 51.5. The molecule has 8 unspecified atom stereocenters. The predicted octanol–water partition coefficient (Wildman–Crippen LogP) is 0.241. The second-order valence-electron chi connectivity index (χ2n) is 18.7. The molecule has 0 bridgehead atoms. The van der Waals surface area contributed by atoms with Crippen molar-refractivity contribution >= 4 is 22.5 Å². The predicted molar refractivity (Wildman–Crippen MR) is 239 cm³/mol. The number of methoxy groups -OCH3 is 1. The molecular formula is C47H70O23. The standard InChI is InChI=1S/C47H70O23/c1-18-30(68-34-14-32(42(55)24(7)66-34)69-33-12-28(49)40(53)22(5)65-33)11-26-9-25-10-27(46(60-8)47(58)59)45(44(57)37(25)43(56)36(26)38(18)51)70-35-13-31(41(54)23(6)67-35)64-17-63-20(3)29(50)15-61-16-62-21(4)39(52)19(2)48/h9,11,19-24,27-29,31-35,39-42,45-46,48-56H,10,12-17H2,1-8H3,(H,58,59)/t19?,20?,21?,22?,23?,24?,27-,28?,29-,31-,32?,33+,34+,35+,39+,40-,41-,42-,45+,46+/m1/s1. The number of hydrogen-bond acceptors (Lipinski definition) is 22. The minimum atomic E-state index is -1.59. The van der Waals surface area contributed by atoms with E-state index in [1.807, 2.05) is 0 Å². The van der Waals surface area contributed by atoms with E-state index >= 15 is 0 Å². The molecule has 3 heterocycles. The van der Waals surface area contributed by atoms with Crippen LogP contribution in [0.4, 0.5) is 0 Å². The number of carboxylic acids is 1. The molecular weight excluding hydrogens is 932 g/mol. The highest BCUT2D eigenvalue weighted by Gasteiger charge is 2.49. The van der Waals surface area contributed by atoms with Crippen molar-refractivity contribution in [1.29, 1.82) is 0 Å². The summed E-state index contributed by atoms with van der Waals surface area (Å²) in [7, 11) is 1.17. The smallest absolute Gasteiger partial charge is 0.333 e. The van der Waals surface area contributed by atoms with Crippen molar-refractivity contribution in [2.45, 2.75) is 191 Å². The third kappa shape index (κ3) is 12.7. The third-order valence-corrected chi connectivity index (χ3v) is 13.6. The number of rotatable bonds is 21. The van der Waals surface area contributed by atoms with E-state index < -0.39 is 152 Å². The van der Waals surface area contributed by atoms with E-state index in [4.69, 9.17) is 52.1 Å². The van der Waals surface area contributed by atoms with E-state index in [0.29, 0.717) is 0 Å². The molecule has 396 valence electrons. The molecule has 0 radical (unpaired) electrons. The maximum absolute atomic E-state index is 14.6. The normalized spacial score (nSPS) is 34.3. The molecule has 2 aromatic carbocycles. The Bertz CT molecular complexity index is 2060. The fraction of sp³-hybridized carbons (Fsp3) is 0.745. The van der Waals surface area contributed by atoms with Crippen LogP contribution in [0.1, 0.15) is 82.3 Å². The van der Waals surface area contributed by atoms with Crippen LogP contribution in [0.15, 0.2) is 12.1 Å². The number of aliphatic carboxylic acids is 1. The Morgan fingerprint density at radius 3 is 2.01 bits per heavy atom. The van der Waals surface area contributed by atoms with Gasteiger partial charge in [-0.05, 0) is 78.0 Å². The van der Waals surface area contributed by atoms with Gasteiger partial charge in [-0.2, -0.15) is 0 Å².